The Labute approximate surface area is 182 Å². The molecule has 0 spiro atoms. The van der Waals surface area contributed by atoms with E-state index < -0.39 is 15.9 Å². The monoisotopic (exact) mass is 465 g/mol. The summed E-state index contributed by atoms with van der Waals surface area (Å²) < 4.78 is 41.1. The highest BCUT2D eigenvalue weighted by Gasteiger charge is 2.32. The Kier molecular flexibility index (Phi) is 6.01. The van der Waals surface area contributed by atoms with Gasteiger partial charge in [0.25, 0.3) is 5.91 Å². The summed E-state index contributed by atoms with van der Waals surface area (Å²) in [7, 11) is -3.69. The first-order valence-corrected chi connectivity index (χ1v) is 12.6. The van der Waals surface area contributed by atoms with Gasteiger partial charge < -0.3 is 0 Å². The highest BCUT2D eigenvalue weighted by atomic mass is 32.2. The van der Waals surface area contributed by atoms with Gasteiger partial charge in [-0.2, -0.15) is 4.31 Å². The van der Waals surface area contributed by atoms with E-state index in [2.05, 4.69) is 10.3 Å². The minimum absolute atomic E-state index is 0.0340. The number of benzene rings is 1. The summed E-state index contributed by atoms with van der Waals surface area (Å²) in [5.74, 6) is -0.791. The summed E-state index contributed by atoms with van der Waals surface area (Å²) >= 11 is 2.35. The summed E-state index contributed by atoms with van der Waals surface area (Å²) in [5.41, 5.74) is 1.26. The number of aryl methyl sites for hydroxylation is 1. The van der Waals surface area contributed by atoms with Crippen molar-refractivity contribution in [3.8, 4) is 0 Å². The van der Waals surface area contributed by atoms with Crippen LogP contribution in [0.4, 0.5) is 9.52 Å². The minimum Gasteiger partial charge on any atom is -0.297 e. The summed E-state index contributed by atoms with van der Waals surface area (Å²) in [5, 5.41) is 4.68. The first-order chi connectivity index (χ1) is 14.4. The van der Waals surface area contributed by atoms with Crippen LogP contribution in [-0.2, 0) is 16.4 Å². The smallest absolute Gasteiger partial charge is 0.268 e. The fourth-order valence-corrected chi connectivity index (χ4v) is 7.14. The molecule has 6 nitrogen and oxygen atoms in total. The van der Waals surface area contributed by atoms with Crippen molar-refractivity contribution >= 4 is 43.7 Å². The number of aromatic nitrogens is 1. The van der Waals surface area contributed by atoms with Crippen LogP contribution in [0.5, 0.6) is 0 Å². The molecule has 1 amide bonds. The number of carbonyl (C=O) groups excluding carboxylic acids is 1. The highest BCUT2D eigenvalue weighted by molar-refractivity contribution is 7.89. The zero-order valence-electron chi connectivity index (χ0n) is 16.2. The van der Waals surface area contributed by atoms with Crippen molar-refractivity contribution in [2.75, 3.05) is 18.4 Å². The molecule has 0 saturated carbocycles. The Hall–Kier alpha value is -2.14. The maximum Gasteiger partial charge on any atom is 0.268 e. The van der Waals surface area contributed by atoms with E-state index >= 15 is 0 Å². The molecule has 1 N–H and O–H groups in total. The maximum absolute atomic E-state index is 13.9. The second kappa shape index (κ2) is 8.54. The van der Waals surface area contributed by atoms with Gasteiger partial charge in [0.15, 0.2) is 5.13 Å². The van der Waals surface area contributed by atoms with Crippen molar-refractivity contribution in [2.24, 2.45) is 0 Å². The van der Waals surface area contributed by atoms with E-state index in [0.717, 1.165) is 29.1 Å². The lowest BCUT2D eigenvalue weighted by molar-refractivity contribution is 0.102. The summed E-state index contributed by atoms with van der Waals surface area (Å²) in [6.45, 7) is 2.76. The quantitative estimate of drug-likeness (QED) is 0.589. The number of halogens is 1. The molecule has 1 aromatic carbocycles. The Morgan fingerprint density at radius 3 is 2.70 bits per heavy atom. The van der Waals surface area contributed by atoms with Crippen molar-refractivity contribution in [2.45, 2.75) is 31.1 Å². The maximum atomic E-state index is 13.9. The van der Waals surface area contributed by atoms with Gasteiger partial charge in [0.05, 0.1) is 5.69 Å². The molecule has 1 saturated heterocycles. The topological polar surface area (TPSA) is 79.4 Å². The number of carbonyl (C=O) groups is 1. The SMILES string of the molecule is Cc1nc(NC(=O)c2sccc2S(=O)(=O)N2CCCC2)sc1Cc1ccccc1F. The van der Waals surface area contributed by atoms with Crippen molar-refractivity contribution < 1.29 is 17.6 Å². The van der Waals surface area contributed by atoms with Crippen molar-refractivity contribution in [3.05, 3.63) is 62.5 Å². The summed E-state index contributed by atoms with van der Waals surface area (Å²) in [6, 6.07) is 8.01. The molecular formula is C20H20FN3O3S3. The molecule has 0 bridgehead atoms. The molecule has 158 valence electrons. The van der Waals surface area contributed by atoms with Gasteiger partial charge in [0.2, 0.25) is 10.0 Å². The van der Waals surface area contributed by atoms with Crippen LogP contribution in [0.15, 0.2) is 40.6 Å². The molecule has 3 aromatic rings. The average Bonchev–Trinajstić information content (AvgIpc) is 3.45. The standard InChI is InChI=1S/C20H20FN3O3S3/c1-13-16(12-14-6-2-3-7-15(14)21)29-20(22-13)23-19(25)18-17(8-11-28-18)30(26,27)24-9-4-5-10-24/h2-3,6-8,11H,4-5,9-10,12H2,1H3,(H,22,23,25). The lowest BCUT2D eigenvalue weighted by Gasteiger charge is -2.15. The predicted octanol–water partition coefficient (Wildman–Crippen LogP) is 4.28. The van der Waals surface area contributed by atoms with Crippen LogP contribution in [0.2, 0.25) is 0 Å². The van der Waals surface area contributed by atoms with E-state index in [4.69, 9.17) is 0 Å². The number of nitrogens with zero attached hydrogens (tertiary/aromatic N) is 2. The number of nitrogens with one attached hydrogen (secondary N) is 1. The van der Waals surface area contributed by atoms with Gasteiger partial charge in [-0.1, -0.05) is 18.2 Å². The molecule has 1 fully saturated rings. The van der Waals surface area contributed by atoms with Crippen molar-refractivity contribution in [1.29, 1.82) is 0 Å². The first-order valence-electron chi connectivity index (χ1n) is 9.45. The van der Waals surface area contributed by atoms with E-state index in [0.29, 0.717) is 35.9 Å². The van der Waals surface area contributed by atoms with Crippen LogP contribution in [0.3, 0.4) is 0 Å². The van der Waals surface area contributed by atoms with Crippen LogP contribution in [0.1, 0.15) is 38.6 Å². The van der Waals surface area contributed by atoms with Crippen LogP contribution in [0.25, 0.3) is 0 Å². The van der Waals surface area contributed by atoms with Gasteiger partial charge in [-0.05, 0) is 42.8 Å². The third-order valence-electron chi connectivity index (χ3n) is 4.94. The third kappa shape index (κ3) is 4.18. The Morgan fingerprint density at radius 2 is 1.97 bits per heavy atom. The van der Waals surface area contributed by atoms with E-state index in [1.807, 2.05) is 0 Å². The number of hydrogen-bond donors (Lipinski definition) is 1. The number of sulfonamides is 1. The first kappa shape index (κ1) is 21.1. The van der Waals surface area contributed by atoms with Gasteiger partial charge in [-0.25, -0.2) is 17.8 Å². The van der Waals surface area contributed by atoms with Crippen molar-refractivity contribution in [1.82, 2.24) is 9.29 Å². The molecule has 0 atom stereocenters. The average molecular weight is 466 g/mol. The van der Waals surface area contributed by atoms with Gasteiger partial charge >= 0.3 is 0 Å². The lowest BCUT2D eigenvalue weighted by atomic mass is 10.1. The fraction of sp³-hybridized carbons (Fsp3) is 0.300. The minimum atomic E-state index is -3.69. The summed E-state index contributed by atoms with van der Waals surface area (Å²) in [6.07, 6.45) is 2.03. The predicted molar refractivity (Wildman–Crippen MR) is 116 cm³/mol. The Balaban J connectivity index is 1.53. The number of anilines is 1. The molecule has 30 heavy (non-hydrogen) atoms. The van der Waals surface area contributed by atoms with E-state index in [9.17, 15) is 17.6 Å². The number of rotatable bonds is 6. The largest absolute Gasteiger partial charge is 0.297 e. The van der Waals surface area contributed by atoms with Crippen LogP contribution >= 0.6 is 22.7 Å². The Morgan fingerprint density at radius 1 is 1.23 bits per heavy atom. The highest BCUT2D eigenvalue weighted by Crippen LogP contribution is 2.30. The molecule has 0 unspecified atom stereocenters. The number of thiazole rings is 1. The third-order valence-corrected chi connectivity index (χ3v) is 9.00. The number of hydrogen-bond acceptors (Lipinski definition) is 6. The normalized spacial score (nSPS) is 14.9. The van der Waals surface area contributed by atoms with E-state index in [1.165, 1.54) is 27.8 Å². The Bertz CT molecular complexity index is 1180. The van der Waals surface area contributed by atoms with Crippen LogP contribution in [-0.4, -0.2) is 36.7 Å². The van der Waals surface area contributed by atoms with Gasteiger partial charge in [0, 0.05) is 24.4 Å². The lowest BCUT2D eigenvalue weighted by Crippen LogP contribution is -2.29. The molecule has 0 aliphatic carbocycles. The van der Waals surface area contributed by atoms with E-state index in [1.54, 1.807) is 30.5 Å². The number of amides is 1. The zero-order valence-corrected chi connectivity index (χ0v) is 18.7. The molecule has 2 aromatic heterocycles. The molecule has 1 aliphatic rings. The molecule has 4 rings (SSSR count). The van der Waals surface area contributed by atoms with Gasteiger partial charge in [-0.15, -0.1) is 22.7 Å². The van der Waals surface area contributed by atoms with Crippen LogP contribution in [0, 0.1) is 12.7 Å². The molecule has 3 heterocycles. The second-order valence-corrected chi connectivity index (χ2v) is 10.9. The van der Waals surface area contributed by atoms with Crippen molar-refractivity contribution in [3.63, 3.8) is 0 Å². The molecule has 1 aliphatic heterocycles. The van der Waals surface area contributed by atoms with Crippen LogP contribution < -0.4 is 5.32 Å². The zero-order chi connectivity index (χ0) is 21.3. The number of thiophene rings is 1. The van der Waals surface area contributed by atoms with Gasteiger partial charge in [0.1, 0.15) is 15.6 Å². The van der Waals surface area contributed by atoms with E-state index in [-0.39, 0.29) is 15.6 Å². The molecular weight excluding hydrogens is 445 g/mol. The summed E-state index contributed by atoms with van der Waals surface area (Å²) in [4.78, 5) is 18.2. The molecule has 10 heteroatoms. The second-order valence-electron chi connectivity index (χ2n) is 6.98. The van der Waals surface area contributed by atoms with Gasteiger partial charge in [-0.3, -0.25) is 10.1 Å². The fourth-order valence-electron chi connectivity index (χ4n) is 3.35. The molecule has 0 radical (unpaired) electrons.